The number of phenols is 2. The van der Waals surface area contributed by atoms with Crippen LogP contribution in [0.2, 0.25) is 0 Å². The third kappa shape index (κ3) is 5.63. The molecule has 0 saturated heterocycles. The zero-order valence-electron chi connectivity index (χ0n) is 12.7. The van der Waals surface area contributed by atoms with Crippen molar-refractivity contribution in [2.45, 2.75) is 30.3 Å². The number of phenolic OH excluding ortho intramolecular Hbond substituents is 2. The maximum absolute atomic E-state index is 11.1. The van der Waals surface area contributed by atoms with Gasteiger partial charge in [0.2, 0.25) is 5.91 Å². The van der Waals surface area contributed by atoms with Crippen molar-refractivity contribution in [2.75, 3.05) is 5.75 Å². The maximum atomic E-state index is 11.1. The van der Waals surface area contributed by atoms with Crippen LogP contribution in [0.3, 0.4) is 0 Å². The Bertz CT molecular complexity index is 650. The van der Waals surface area contributed by atoms with Crippen LogP contribution < -0.4 is 11.1 Å². The number of hydrogen-bond acceptors (Lipinski definition) is 7. The van der Waals surface area contributed by atoms with Crippen molar-refractivity contribution in [3.63, 3.8) is 0 Å². The number of carbonyl (C=O) groups excluding carboxylic acids is 1. The second kappa shape index (κ2) is 8.41. The molecule has 7 N–H and O–H groups in total. The summed E-state index contributed by atoms with van der Waals surface area (Å²) in [6.45, 7) is 1.18. The van der Waals surface area contributed by atoms with E-state index in [1.54, 1.807) is 0 Å². The molecule has 10 heteroatoms. The zero-order valence-corrected chi connectivity index (χ0v) is 13.5. The third-order valence-corrected chi connectivity index (χ3v) is 4.09. The summed E-state index contributed by atoms with van der Waals surface area (Å²) in [6, 6.07) is 0.233. The number of amides is 1. The lowest BCUT2D eigenvalue weighted by Crippen LogP contribution is -2.41. The van der Waals surface area contributed by atoms with Gasteiger partial charge in [-0.25, -0.2) is 4.79 Å². The van der Waals surface area contributed by atoms with Crippen molar-refractivity contribution in [3.05, 3.63) is 17.7 Å². The van der Waals surface area contributed by atoms with E-state index in [1.165, 1.54) is 19.1 Å². The maximum Gasteiger partial charge on any atom is 0.327 e. The number of carboxylic acids is 2. The Hall–Kier alpha value is -2.46. The van der Waals surface area contributed by atoms with Gasteiger partial charge in [-0.2, -0.15) is 0 Å². The highest BCUT2D eigenvalue weighted by molar-refractivity contribution is 7.99. The molecule has 1 aromatic rings. The highest BCUT2D eigenvalue weighted by atomic mass is 32.2. The summed E-state index contributed by atoms with van der Waals surface area (Å²) in [5, 5.41) is 39.7. The minimum atomic E-state index is -1.24. The quantitative estimate of drug-likeness (QED) is 0.270. The summed E-state index contributed by atoms with van der Waals surface area (Å²) >= 11 is 0.895. The standard InChI is InChI=1S/C14H18N2O7S/c1-6(17)16-9(14(22)23)5-24-11-4-7(2-8(15)13(20)21)3-10(18)12(11)19/h3-4,8-9,18-19H,2,5,15H2,1H3,(H,16,17)(H,20,21)(H,22,23)/t8-,9-/m0/s1. The normalized spacial score (nSPS) is 13.1. The smallest absolute Gasteiger partial charge is 0.327 e. The van der Waals surface area contributed by atoms with Gasteiger partial charge < -0.3 is 31.5 Å². The molecule has 132 valence electrons. The molecule has 0 fully saturated rings. The number of nitrogens with one attached hydrogen (secondary N) is 1. The summed E-state index contributed by atoms with van der Waals surface area (Å²) in [6.07, 6.45) is -0.0786. The number of rotatable bonds is 8. The minimum absolute atomic E-state index is 0.0786. The van der Waals surface area contributed by atoms with Crippen molar-refractivity contribution in [1.29, 1.82) is 0 Å². The van der Waals surface area contributed by atoms with E-state index in [4.69, 9.17) is 15.9 Å². The van der Waals surface area contributed by atoms with E-state index in [0.29, 0.717) is 5.56 Å². The summed E-state index contributed by atoms with van der Waals surface area (Å²) in [7, 11) is 0. The number of aliphatic carboxylic acids is 2. The highest BCUT2D eigenvalue weighted by Gasteiger charge is 2.21. The molecule has 24 heavy (non-hydrogen) atoms. The first-order valence-corrected chi connectivity index (χ1v) is 7.76. The molecule has 1 rings (SSSR count). The second-order valence-corrected chi connectivity index (χ2v) is 6.07. The Kier molecular flexibility index (Phi) is 6.86. The monoisotopic (exact) mass is 358 g/mol. The molecule has 0 saturated carbocycles. The lowest BCUT2D eigenvalue weighted by atomic mass is 10.1. The fourth-order valence-electron chi connectivity index (χ4n) is 1.81. The average molecular weight is 358 g/mol. The molecule has 0 heterocycles. The van der Waals surface area contributed by atoms with Gasteiger partial charge >= 0.3 is 11.9 Å². The van der Waals surface area contributed by atoms with Gasteiger partial charge in [0.15, 0.2) is 11.5 Å². The molecule has 2 atom stereocenters. The minimum Gasteiger partial charge on any atom is -0.504 e. The van der Waals surface area contributed by atoms with E-state index < -0.39 is 41.4 Å². The van der Waals surface area contributed by atoms with Crippen LogP contribution in [0.4, 0.5) is 0 Å². The van der Waals surface area contributed by atoms with Crippen molar-refractivity contribution in [1.82, 2.24) is 5.32 Å². The number of nitrogens with two attached hydrogens (primary N) is 1. The van der Waals surface area contributed by atoms with E-state index in [1.807, 2.05) is 0 Å². The van der Waals surface area contributed by atoms with Gasteiger partial charge in [0, 0.05) is 12.7 Å². The number of thioether (sulfide) groups is 1. The molecular weight excluding hydrogens is 340 g/mol. The van der Waals surface area contributed by atoms with Crippen LogP contribution >= 0.6 is 11.8 Å². The molecule has 1 aromatic carbocycles. The van der Waals surface area contributed by atoms with Crippen molar-refractivity contribution >= 4 is 29.6 Å². The molecule has 0 radical (unpaired) electrons. The van der Waals surface area contributed by atoms with Gasteiger partial charge in [0.25, 0.3) is 0 Å². The van der Waals surface area contributed by atoms with E-state index >= 15 is 0 Å². The first kappa shape index (κ1) is 19.6. The molecular formula is C14H18N2O7S. The largest absolute Gasteiger partial charge is 0.504 e. The first-order chi connectivity index (χ1) is 11.1. The van der Waals surface area contributed by atoms with Crippen LogP contribution in [-0.2, 0) is 20.8 Å². The number of carboxylic acid groups (broad SMARTS) is 2. The first-order valence-electron chi connectivity index (χ1n) is 6.77. The molecule has 0 aliphatic carbocycles. The summed E-state index contributed by atoms with van der Waals surface area (Å²) in [5.74, 6) is -4.01. The van der Waals surface area contributed by atoms with Gasteiger partial charge in [0.05, 0.1) is 4.90 Å². The molecule has 1 amide bonds. The van der Waals surface area contributed by atoms with E-state index in [2.05, 4.69) is 5.32 Å². The van der Waals surface area contributed by atoms with Gasteiger partial charge in [-0.3, -0.25) is 9.59 Å². The fourth-order valence-corrected chi connectivity index (χ4v) is 2.86. The lowest BCUT2D eigenvalue weighted by molar-refractivity contribution is -0.141. The van der Waals surface area contributed by atoms with Crippen molar-refractivity contribution in [3.8, 4) is 11.5 Å². The van der Waals surface area contributed by atoms with Gasteiger partial charge in [-0.15, -0.1) is 11.8 Å². The SMILES string of the molecule is CC(=O)N[C@@H](CSc1cc(C[C@H](N)C(=O)O)cc(O)c1O)C(=O)O. The van der Waals surface area contributed by atoms with Gasteiger partial charge in [-0.05, 0) is 24.1 Å². The predicted octanol–water partition coefficient (Wildman–Crippen LogP) is -0.266. The number of carbonyl (C=O) groups is 3. The van der Waals surface area contributed by atoms with E-state index in [-0.39, 0.29) is 17.1 Å². The summed E-state index contributed by atoms with van der Waals surface area (Å²) in [4.78, 5) is 33.0. The fraction of sp³-hybridized carbons (Fsp3) is 0.357. The lowest BCUT2D eigenvalue weighted by Gasteiger charge is -2.15. The Morgan fingerprint density at radius 2 is 1.83 bits per heavy atom. The third-order valence-electron chi connectivity index (χ3n) is 2.97. The second-order valence-electron chi connectivity index (χ2n) is 5.01. The Balaban J connectivity index is 2.93. The molecule has 0 aromatic heterocycles. The summed E-state index contributed by atoms with van der Waals surface area (Å²) in [5.41, 5.74) is 5.80. The number of benzene rings is 1. The number of hydrogen-bond donors (Lipinski definition) is 6. The Morgan fingerprint density at radius 1 is 1.21 bits per heavy atom. The molecule has 0 bridgehead atoms. The van der Waals surface area contributed by atoms with Crippen molar-refractivity contribution < 1.29 is 34.8 Å². The molecule has 9 nitrogen and oxygen atoms in total. The van der Waals surface area contributed by atoms with Crippen LogP contribution in [0.15, 0.2) is 17.0 Å². The van der Waals surface area contributed by atoms with Crippen LogP contribution in [-0.4, -0.2) is 56.1 Å². The molecule has 0 aliphatic heterocycles. The Labute approximate surface area is 141 Å². The number of aromatic hydroxyl groups is 2. The molecule has 0 aliphatic rings. The van der Waals surface area contributed by atoms with Crippen LogP contribution in [0, 0.1) is 0 Å². The molecule has 0 spiro atoms. The average Bonchev–Trinajstić information content (AvgIpc) is 2.46. The topological polar surface area (TPSA) is 170 Å². The van der Waals surface area contributed by atoms with Gasteiger partial charge in [-0.1, -0.05) is 0 Å². The van der Waals surface area contributed by atoms with E-state index in [9.17, 15) is 24.6 Å². The van der Waals surface area contributed by atoms with Crippen LogP contribution in [0.1, 0.15) is 12.5 Å². The predicted molar refractivity (Wildman–Crippen MR) is 85.1 cm³/mol. The van der Waals surface area contributed by atoms with Crippen LogP contribution in [0.25, 0.3) is 0 Å². The van der Waals surface area contributed by atoms with Crippen molar-refractivity contribution in [2.24, 2.45) is 5.73 Å². The van der Waals surface area contributed by atoms with Gasteiger partial charge in [0.1, 0.15) is 12.1 Å². The highest BCUT2D eigenvalue weighted by Crippen LogP contribution is 2.37. The van der Waals surface area contributed by atoms with E-state index in [0.717, 1.165) is 11.8 Å². The zero-order chi connectivity index (χ0) is 18.4. The van der Waals surface area contributed by atoms with Crippen LogP contribution in [0.5, 0.6) is 11.5 Å². The Morgan fingerprint density at radius 3 is 2.33 bits per heavy atom. The molecule has 0 unspecified atom stereocenters. The summed E-state index contributed by atoms with van der Waals surface area (Å²) < 4.78 is 0.